The number of nitrogen functional groups attached to an aromatic ring is 1. The van der Waals surface area contributed by atoms with Crippen LogP contribution in [0, 0.1) is 0 Å². The van der Waals surface area contributed by atoms with E-state index in [1.807, 2.05) is 6.92 Å². The van der Waals surface area contributed by atoms with Crippen LogP contribution in [0.25, 0.3) is 0 Å². The van der Waals surface area contributed by atoms with Crippen LogP contribution < -0.4 is 5.73 Å². The molecule has 0 radical (unpaired) electrons. The third kappa shape index (κ3) is 3.56. The van der Waals surface area contributed by atoms with Gasteiger partial charge in [-0.15, -0.1) is 0 Å². The van der Waals surface area contributed by atoms with Crippen LogP contribution in [0.3, 0.4) is 0 Å². The van der Waals surface area contributed by atoms with Gasteiger partial charge in [-0.2, -0.15) is 0 Å². The minimum atomic E-state index is -0.943. The van der Waals surface area contributed by atoms with Crippen LogP contribution in [0.1, 0.15) is 23.7 Å². The van der Waals surface area contributed by atoms with Crippen molar-refractivity contribution in [2.75, 3.05) is 19.3 Å². The number of carbonyl (C=O) groups excluding carboxylic acids is 1. The predicted octanol–water partition coefficient (Wildman–Crippen LogP) is 1.25. The molecule has 1 aromatic rings. The highest BCUT2D eigenvalue weighted by Gasteiger charge is 2.23. The fourth-order valence-electron chi connectivity index (χ4n) is 1.86. The summed E-state index contributed by atoms with van der Waals surface area (Å²) < 4.78 is 0. The Morgan fingerprint density at radius 3 is 2.33 bits per heavy atom. The smallest absolute Gasteiger partial charge is 0.317 e. The maximum Gasteiger partial charge on any atom is 0.317 e. The lowest BCUT2D eigenvalue weighted by Gasteiger charge is -2.24. The molecule has 1 atom stereocenters. The van der Waals surface area contributed by atoms with Crippen molar-refractivity contribution in [1.82, 2.24) is 4.90 Å². The third-order valence-electron chi connectivity index (χ3n) is 2.80. The van der Waals surface area contributed by atoms with Gasteiger partial charge in [0.05, 0.1) is 12.6 Å². The number of likely N-dealkylation sites (N-methyl/N-ethyl adjacent to an activating group) is 1. The van der Waals surface area contributed by atoms with E-state index < -0.39 is 12.0 Å². The second-order valence-corrected chi connectivity index (χ2v) is 4.22. The van der Waals surface area contributed by atoms with Gasteiger partial charge in [-0.25, -0.2) is 0 Å². The zero-order valence-electron chi connectivity index (χ0n) is 10.6. The SMILES string of the molecule is CCC(C(=O)c1ccc(N)cc1)N(C)CC(=O)O. The van der Waals surface area contributed by atoms with Crippen LogP contribution in [0.4, 0.5) is 5.69 Å². The standard InChI is InChI=1S/C13H18N2O3/c1-3-11(15(2)8-12(16)17)13(18)9-4-6-10(14)7-5-9/h4-7,11H,3,8,14H2,1-2H3,(H,16,17). The van der Waals surface area contributed by atoms with Gasteiger partial charge in [0.1, 0.15) is 0 Å². The number of carbonyl (C=O) groups is 2. The van der Waals surface area contributed by atoms with Crippen LogP contribution in [0.2, 0.25) is 0 Å². The number of aliphatic carboxylic acids is 1. The topological polar surface area (TPSA) is 83.6 Å². The van der Waals surface area contributed by atoms with Crippen molar-refractivity contribution in [3.8, 4) is 0 Å². The molecule has 98 valence electrons. The summed E-state index contributed by atoms with van der Waals surface area (Å²) in [5.74, 6) is -1.03. The fraction of sp³-hybridized carbons (Fsp3) is 0.385. The normalized spacial score (nSPS) is 12.4. The molecule has 0 heterocycles. The Kier molecular flexibility index (Phi) is 4.85. The molecule has 18 heavy (non-hydrogen) atoms. The quantitative estimate of drug-likeness (QED) is 0.586. The number of Topliss-reactive ketones (excluding diaryl/α,β-unsaturated/α-hetero) is 1. The molecule has 1 aromatic carbocycles. The molecule has 0 fully saturated rings. The minimum absolute atomic E-state index is 0.0822. The number of carboxylic acid groups (broad SMARTS) is 1. The van der Waals surface area contributed by atoms with E-state index >= 15 is 0 Å². The maximum absolute atomic E-state index is 12.2. The molecule has 0 aliphatic heterocycles. The van der Waals surface area contributed by atoms with Crippen molar-refractivity contribution in [1.29, 1.82) is 0 Å². The molecule has 0 saturated heterocycles. The molecule has 0 amide bonds. The van der Waals surface area contributed by atoms with Gasteiger partial charge in [0.25, 0.3) is 0 Å². The molecular weight excluding hydrogens is 232 g/mol. The molecule has 0 aromatic heterocycles. The van der Waals surface area contributed by atoms with E-state index in [4.69, 9.17) is 10.8 Å². The van der Waals surface area contributed by atoms with Gasteiger partial charge < -0.3 is 10.8 Å². The van der Waals surface area contributed by atoms with Gasteiger partial charge in [-0.3, -0.25) is 14.5 Å². The van der Waals surface area contributed by atoms with Gasteiger partial charge in [-0.05, 0) is 37.7 Å². The summed E-state index contributed by atoms with van der Waals surface area (Å²) in [6.45, 7) is 1.71. The highest BCUT2D eigenvalue weighted by molar-refractivity contribution is 6.00. The predicted molar refractivity (Wildman–Crippen MR) is 69.5 cm³/mol. The lowest BCUT2D eigenvalue weighted by atomic mass is 10.0. The number of nitrogens with zero attached hydrogens (tertiary/aromatic N) is 1. The summed E-state index contributed by atoms with van der Waals surface area (Å²) in [6.07, 6.45) is 0.562. The second kappa shape index (κ2) is 6.16. The van der Waals surface area contributed by atoms with E-state index in [0.717, 1.165) is 0 Å². The van der Waals surface area contributed by atoms with E-state index in [1.165, 1.54) is 0 Å². The van der Waals surface area contributed by atoms with Gasteiger partial charge in [0.15, 0.2) is 5.78 Å². The maximum atomic E-state index is 12.2. The zero-order chi connectivity index (χ0) is 13.7. The average molecular weight is 250 g/mol. The number of rotatable bonds is 6. The molecule has 3 N–H and O–H groups in total. The lowest BCUT2D eigenvalue weighted by Crippen LogP contribution is -2.41. The summed E-state index contributed by atoms with van der Waals surface area (Å²) >= 11 is 0. The summed E-state index contributed by atoms with van der Waals surface area (Å²) in [4.78, 5) is 24.4. The van der Waals surface area contributed by atoms with Crippen LogP contribution in [0.15, 0.2) is 24.3 Å². The Morgan fingerprint density at radius 1 is 1.33 bits per heavy atom. The highest BCUT2D eigenvalue weighted by atomic mass is 16.4. The number of carboxylic acids is 1. The van der Waals surface area contributed by atoms with E-state index in [9.17, 15) is 9.59 Å². The number of anilines is 1. The number of hydrogen-bond acceptors (Lipinski definition) is 4. The van der Waals surface area contributed by atoms with Crippen molar-refractivity contribution in [2.24, 2.45) is 0 Å². The third-order valence-corrected chi connectivity index (χ3v) is 2.80. The molecule has 0 saturated carbocycles. The van der Waals surface area contributed by atoms with Crippen molar-refractivity contribution in [2.45, 2.75) is 19.4 Å². The number of hydrogen-bond donors (Lipinski definition) is 2. The largest absolute Gasteiger partial charge is 0.480 e. The Balaban J connectivity index is 2.85. The first kappa shape index (κ1) is 14.2. The number of benzene rings is 1. The second-order valence-electron chi connectivity index (χ2n) is 4.22. The van der Waals surface area contributed by atoms with Gasteiger partial charge >= 0.3 is 5.97 Å². The molecule has 0 spiro atoms. The number of ketones is 1. The first-order valence-corrected chi connectivity index (χ1v) is 5.77. The summed E-state index contributed by atoms with van der Waals surface area (Å²) in [5, 5.41) is 8.75. The van der Waals surface area contributed by atoms with Gasteiger partial charge in [0, 0.05) is 11.3 Å². The molecule has 1 rings (SSSR count). The van der Waals surface area contributed by atoms with Crippen molar-refractivity contribution in [3.63, 3.8) is 0 Å². The minimum Gasteiger partial charge on any atom is -0.480 e. The van der Waals surface area contributed by atoms with Gasteiger partial charge in [-0.1, -0.05) is 6.92 Å². The van der Waals surface area contributed by atoms with Crippen molar-refractivity contribution in [3.05, 3.63) is 29.8 Å². The van der Waals surface area contributed by atoms with Crippen LogP contribution in [0.5, 0.6) is 0 Å². The first-order chi connectivity index (χ1) is 8.45. The van der Waals surface area contributed by atoms with Crippen molar-refractivity contribution >= 4 is 17.4 Å². The molecule has 5 heteroatoms. The van der Waals surface area contributed by atoms with E-state index in [1.54, 1.807) is 36.2 Å². The number of nitrogens with two attached hydrogens (primary N) is 1. The Labute approximate surface area is 106 Å². The van der Waals surface area contributed by atoms with Crippen LogP contribution >= 0.6 is 0 Å². The summed E-state index contributed by atoms with van der Waals surface area (Å²) in [7, 11) is 1.64. The van der Waals surface area contributed by atoms with Gasteiger partial charge in [0.2, 0.25) is 0 Å². The van der Waals surface area contributed by atoms with E-state index in [2.05, 4.69) is 0 Å². The first-order valence-electron chi connectivity index (χ1n) is 5.77. The molecule has 1 unspecified atom stereocenters. The molecular formula is C13H18N2O3. The van der Waals surface area contributed by atoms with Crippen LogP contribution in [-0.2, 0) is 4.79 Å². The highest BCUT2D eigenvalue weighted by Crippen LogP contribution is 2.13. The summed E-state index contributed by atoms with van der Waals surface area (Å²) in [6, 6.07) is 6.22. The Bertz CT molecular complexity index is 428. The molecule has 5 nitrogen and oxygen atoms in total. The average Bonchev–Trinajstić information content (AvgIpc) is 2.29. The molecule has 0 bridgehead atoms. The Hall–Kier alpha value is -1.88. The van der Waals surface area contributed by atoms with Crippen LogP contribution in [-0.4, -0.2) is 41.4 Å². The molecule has 0 aliphatic carbocycles. The van der Waals surface area contributed by atoms with Crippen molar-refractivity contribution < 1.29 is 14.7 Å². The zero-order valence-corrected chi connectivity index (χ0v) is 10.6. The monoisotopic (exact) mass is 250 g/mol. The summed E-state index contributed by atoms with van der Waals surface area (Å²) in [5.41, 5.74) is 6.71. The lowest BCUT2D eigenvalue weighted by molar-refractivity contribution is -0.138. The Morgan fingerprint density at radius 2 is 1.89 bits per heavy atom. The fourth-order valence-corrected chi connectivity index (χ4v) is 1.86. The molecule has 0 aliphatic rings. The van der Waals surface area contributed by atoms with E-state index in [-0.39, 0.29) is 12.3 Å². The van der Waals surface area contributed by atoms with E-state index in [0.29, 0.717) is 17.7 Å².